The molecule has 1 aromatic carbocycles. The van der Waals surface area contributed by atoms with Crippen LogP contribution < -0.4 is 20.3 Å². The van der Waals surface area contributed by atoms with Gasteiger partial charge in [0.25, 0.3) is 5.91 Å². The normalized spacial score (nSPS) is 15.5. The highest BCUT2D eigenvalue weighted by atomic mass is 35.5. The van der Waals surface area contributed by atoms with Crippen LogP contribution in [0.25, 0.3) is 6.08 Å². The maximum atomic E-state index is 13.2. The Morgan fingerprint density at radius 3 is 2.78 bits per heavy atom. The highest BCUT2D eigenvalue weighted by molar-refractivity contribution is 8.15. The fourth-order valence-electron chi connectivity index (χ4n) is 2.74. The van der Waals surface area contributed by atoms with Crippen LogP contribution in [0.2, 0.25) is 5.02 Å². The molecule has 2 N–H and O–H groups in total. The topological polar surface area (TPSA) is 100 Å². The molecule has 2 aromatic rings. The van der Waals surface area contributed by atoms with E-state index in [1.54, 1.807) is 38.1 Å². The highest BCUT2D eigenvalue weighted by Crippen LogP contribution is 2.35. The lowest BCUT2D eigenvalue weighted by Gasteiger charge is -2.20. The summed E-state index contributed by atoms with van der Waals surface area (Å²) in [4.78, 5) is 44.1. The summed E-state index contributed by atoms with van der Waals surface area (Å²) in [6.45, 7) is 3.78. The maximum absolute atomic E-state index is 13.2. The number of halogens is 1. The summed E-state index contributed by atoms with van der Waals surface area (Å²) in [7, 11) is 1.50. The van der Waals surface area contributed by atoms with E-state index in [1.807, 2.05) is 17.5 Å². The molecule has 0 radical (unpaired) electrons. The zero-order valence-corrected chi connectivity index (χ0v) is 19.9. The SMILES string of the molecule is CCNC(=O)NC(=O)C(C)SC1=N/C(=C\c2cccs2)C(=O)N1c1ccc(OC)c(Cl)c1. The molecule has 1 atom stereocenters. The van der Waals surface area contributed by atoms with Gasteiger partial charge in [-0.05, 0) is 49.6 Å². The van der Waals surface area contributed by atoms with E-state index in [1.165, 1.54) is 23.3 Å². The molecule has 0 fully saturated rings. The molecular weight excluding hydrogens is 472 g/mol. The van der Waals surface area contributed by atoms with Gasteiger partial charge in [-0.2, -0.15) is 0 Å². The van der Waals surface area contributed by atoms with Gasteiger partial charge < -0.3 is 10.1 Å². The average Bonchev–Trinajstić information content (AvgIpc) is 3.36. The van der Waals surface area contributed by atoms with Crippen molar-refractivity contribution in [3.8, 4) is 5.75 Å². The first-order valence-electron chi connectivity index (χ1n) is 9.61. The standard InChI is InChI=1S/C21H21ClN4O4S2/c1-4-23-20(29)25-18(27)12(2)32-21-24-16(11-14-6-5-9-31-14)19(28)26(21)13-7-8-17(30-3)15(22)10-13/h5-12H,4H2,1-3H3,(H2,23,25,27,29)/b16-11-. The van der Waals surface area contributed by atoms with Crippen molar-refractivity contribution in [2.45, 2.75) is 19.1 Å². The molecule has 0 aliphatic carbocycles. The first-order chi connectivity index (χ1) is 15.3. The number of hydrogen-bond acceptors (Lipinski definition) is 7. The van der Waals surface area contributed by atoms with Gasteiger partial charge in [0.2, 0.25) is 5.91 Å². The van der Waals surface area contributed by atoms with Gasteiger partial charge in [0.05, 0.1) is 23.1 Å². The van der Waals surface area contributed by atoms with Crippen molar-refractivity contribution in [2.24, 2.45) is 4.99 Å². The first kappa shape index (κ1) is 23.8. The molecule has 168 valence electrons. The Kier molecular flexibility index (Phi) is 7.94. The van der Waals surface area contributed by atoms with E-state index in [-0.39, 0.29) is 11.6 Å². The van der Waals surface area contributed by atoms with Crippen molar-refractivity contribution < 1.29 is 19.1 Å². The van der Waals surface area contributed by atoms with Gasteiger partial charge in [0.15, 0.2) is 5.17 Å². The number of anilines is 1. The first-order valence-corrected chi connectivity index (χ1v) is 11.7. The van der Waals surface area contributed by atoms with E-state index in [0.717, 1.165) is 16.6 Å². The second-order valence-corrected chi connectivity index (χ2v) is 9.20. The minimum Gasteiger partial charge on any atom is -0.495 e. The molecule has 11 heteroatoms. The lowest BCUT2D eigenvalue weighted by molar-refractivity contribution is -0.119. The van der Waals surface area contributed by atoms with Crippen molar-refractivity contribution in [3.05, 3.63) is 51.3 Å². The number of hydrogen-bond donors (Lipinski definition) is 2. The van der Waals surface area contributed by atoms with Gasteiger partial charge in [-0.1, -0.05) is 29.4 Å². The van der Waals surface area contributed by atoms with Gasteiger partial charge in [-0.3, -0.25) is 19.8 Å². The minimum absolute atomic E-state index is 0.234. The molecule has 32 heavy (non-hydrogen) atoms. The maximum Gasteiger partial charge on any atom is 0.321 e. The fourth-order valence-corrected chi connectivity index (χ4v) is 4.57. The Labute approximate surface area is 198 Å². The molecule has 1 aliphatic heterocycles. The molecule has 8 nitrogen and oxygen atoms in total. The number of ether oxygens (including phenoxy) is 1. The number of rotatable bonds is 6. The van der Waals surface area contributed by atoms with Crippen LogP contribution in [0.3, 0.4) is 0 Å². The molecule has 0 saturated heterocycles. The van der Waals surface area contributed by atoms with Crippen LogP contribution in [0.4, 0.5) is 10.5 Å². The summed E-state index contributed by atoms with van der Waals surface area (Å²) in [6.07, 6.45) is 1.69. The van der Waals surface area contributed by atoms with E-state index in [0.29, 0.717) is 28.2 Å². The molecule has 0 bridgehead atoms. The molecule has 3 rings (SSSR count). The number of carbonyl (C=O) groups excluding carboxylic acids is 3. The van der Waals surface area contributed by atoms with E-state index in [4.69, 9.17) is 16.3 Å². The number of imide groups is 1. The second-order valence-electron chi connectivity index (χ2n) is 6.51. The molecule has 0 saturated carbocycles. The number of amides is 4. The summed E-state index contributed by atoms with van der Waals surface area (Å²) in [5.74, 6) is -0.379. The number of amidine groups is 1. The van der Waals surface area contributed by atoms with E-state index >= 15 is 0 Å². The van der Waals surface area contributed by atoms with Gasteiger partial charge >= 0.3 is 6.03 Å². The Morgan fingerprint density at radius 1 is 1.38 bits per heavy atom. The van der Waals surface area contributed by atoms with Crippen molar-refractivity contribution in [1.29, 1.82) is 0 Å². The smallest absolute Gasteiger partial charge is 0.321 e. The molecule has 2 heterocycles. The minimum atomic E-state index is -0.693. The number of nitrogens with one attached hydrogen (secondary N) is 2. The summed E-state index contributed by atoms with van der Waals surface area (Å²) < 4.78 is 5.19. The average molecular weight is 493 g/mol. The Morgan fingerprint density at radius 2 is 2.16 bits per heavy atom. The predicted octanol–water partition coefficient (Wildman–Crippen LogP) is 4.12. The largest absolute Gasteiger partial charge is 0.495 e. The van der Waals surface area contributed by atoms with Crippen molar-refractivity contribution in [1.82, 2.24) is 10.6 Å². The van der Waals surface area contributed by atoms with E-state index in [2.05, 4.69) is 15.6 Å². The number of aliphatic imine (C=N–C) groups is 1. The Bertz CT molecular complexity index is 1090. The van der Waals surface area contributed by atoms with Crippen LogP contribution in [-0.2, 0) is 9.59 Å². The molecule has 1 aliphatic rings. The van der Waals surface area contributed by atoms with Crippen LogP contribution >= 0.6 is 34.7 Å². The number of methoxy groups -OCH3 is 1. The monoisotopic (exact) mass is 492 g/mol. The molecule has 0 spiro atoms. The summed E-state index contributed by atoms with van der Waals surface area (Å²) in [6, 6.07) is 8.12. The van der Waals surface area contributed by atoms with Gasteiger partial charge in [0, 0.05) is 11.4 Å². The van der Waals surface area contributed by atoms with Crippen molar-refractivity contribution >= 4 is 69.5 Å². The van der Waals surface area contributed by atoms with Gasteiger partial charge in [-0.15, -0.1) is 11.3 Å². The number of carbonyl (C=O) groups is 3. The van der Waals surface area contributed by atoms with Crippen LogP contribution in [0.1, 0.15) is 18.7 Å². The number of thiophene rings is 1. The zero-order valence-electron chi connectivity index (χ0n) is 17.5. The third-order valence-electron chi connectivity index (χ3n) is 4.27. The Balaban J connectivity index is 1.91. The van der Waals surface area contributed by atoms with Crippen LogP contribution in [0.5, 0.6) is 5.75 Å². The molecule has 1 unspecified atom stereocenters. The molecular formula is C21H21ClN4O4S2. The van der Waals surface area contributed by atoms with Crippen LogP contribution in [0, 0.1) is 0 Å². The van der Waals surface area contributed by atoms with E-state index < -0.39 is 17.2 Å². The summed E-state index contributed by atoms with van der Waals surface area (Å²) in [5.41, 5.74) is 0.719. The summed E-state index contributed by atoms with van der Waals surface area (Å²) >= 11 is 8.81. The van der Waals surface area contributed by atoms with Crippen molar-refractivity contribution in [3.63, 3.8) is 0 Å². The lowest BCUT2D eigenvalue weighted by atomic mass is 10.2. The molecule has 1 aromatic heterocycles. The van der Waals surface area contributed by atoms with Gasteiger partial charge in [0.1, 0.15) is 11.4 Å². The van der Waals surface area contributed by atoms with Crippen LogP contribution in [0.15, 0.2) is 46.4 Å². The second kappa shape index (κ2) is 10.7. The van der Waals surface area contributed by atoms with E-state index in [9.17, 15) is 14.4 Å². The third-order valence-corrected chi connectivity index (χ3v) is 6.44. The fraction of sp³-hybridized carbons (Fsp3) is 0.238. The number of benzene rings is 1. The number of nitrogens with zero attached hydrogens (tertiary/aromatic N) is 2. The summed E-state index contributed by atoms with van der Waals surface area (Å²) in [5, 5.41) is 6.63. The Hall–Kier alpha value is -2.82. The van der Waals surface area contributed by atoms with Gasteiger partial charge in [-0.25, -0.2) is 9.79 Å². The quantitative estimate of drug-likeness (QED) is 0.591. The van der Waals surface area contributed by atoms with Crippen molar-refractivity contribution in [2.75, 3.05) is 18.6 Å². The number of urea groups is 1. The number of thioether (sulfide) groups is 1. The molecule has 4 amide bonds. The zero-order chi connectivity index (χ0) is 23.3. The van der Waals surface area contributed by atoms with Crippen LogP contribution in [-0.4, -0.2) is 41.9 Å². The highest BCUT2D eigenvalue weighted by Gasteiger charge is 2.34. The predicted molar refractivity (Wildman–Crippen MR) is 129 cm³/mol. The lowest BCUT2D eigenvalue weighted by Crippen LogP contribution is -2.43. The third kappa shape index (κ3) is 5.50.